The van der Waals surface area contributed by atoms with Crippen molar-refractivity contribution in [1.82, 2.24) is 4.90 Å². The summed E-state index contributed by atoms with van der Waals surface area (Å²) in [5.74, 6) is 0.712. The molecule has 2 unspecified atom stereocenters. The molecule has 0 aliphatic carbocycles. The molecular weight excluding hydrogens is 226 g/mol. The molecule has 0 radical (unpaired) electrons. The monoisotopic (exact) mass is 247 g/mol. The van der Waals surface area contributed by atoms with Crippen LogP contribution in [0.3, 0.4) is 0 Å². The van der Waals surface area contributed by atoms with Gasteiger partial charge in [0.2, 0.25) is 0 Å². The first-order valence-corrected chi connectivity index (χ1v) is 8.01. The largest absolute Gasteiger partial charge is 0.396 e. The number of rotatable bonds is 4. The van der Waals surface area contributed by atoms with Gasteiger partial charge in [-0.3, -0.25) is 4.90 Å². The van der Waals surface area contributed by atoms with Gasteiger partial charge in [0.25, 0.3) is 0 Å². The summed E-state index contributed by atoms with van der Waals surface area (Å²) >= 11 is 0. The van der Waals surface area contributed by atoms with Crippen LogP contribution in [0.4, 0.5) is 0 Å². The third kappa shape index (κ3) is 2.76. The molecule has 4 nitrogen and oxygen atoms in total. The molecule has 0 saturated carbocycles. The number of aliphatic hydroxyl groups excluding tert-OH is 1. The maximum absolute atomic E-state index is 11.5. The van der Waals surface area contributed by atoms with Crippen LogP contribution in [0, 0.1) is 0 Å². The van der Waals surface area contributed by atoms with E-state index in [1.807, 2.05) is 0 Å². The van der Waals surface area contributed by atoms with E-state index in [9.17, 15) is 8.42 Å². The van der Waals surface area contributed by atoms with Gasteiger partial charge in [-0.15, -0.1) is 0 Å². The molecule has 94 valence electrons. The molecule has 0 aromatic rings. The number of likely N-dealkylation sites (tertiary alicyclic amines) is 1. The highest BCUT2D eigenvalue weighted by Crippen LogP contribution is 2.28. The van der Waals surface area contributed by atoms with Crippen molar-refractivity contribution in [1.29, 1.82) is 0 Å². The van der Waals surface area contributed by atoms with E-state index in [1.54, 1.807) is 0 Å². The quantitative estimate of drug-likeness (QED) is 0.782. The van der Waals surface area contributed by atoms with E-state index in [0.717, 1.165) is 32.2 Å². The molecule has 16 heavy (non-hydrogen) atoms. The van der Waals surface area contributed by atoms with Crippen LogP contribution in [0.25, 0.3) is 0 Å². The Morgan fingerprint density at radius 2 is 2.12 bits per heavy atom. The lowest BCUT2D eigenvalue weighted by Crippen LogP contribution is -2.39. The molecule has 2 atom stereocenters. The second-order valence-corrected chi connectivity index (χ2v) is 7.19. The van der Waals surface area contributed by atoms with Gasteiger partial charge < -0.3 is 5.11 Å². The summed E-state index contributed by atoms with van der Waals surface area (Å²) in [7, 11) is -2.77. The molecule has 2 heterocycles. The lowest BCUT2D eigenvalue weighted by Gasteiger charge is -2.29. The Bertz CT molecular complexity index is 328. The van der Waals surface area contributed by atoms with Gasteiger partial charge in [0, 0.05) is 18.7 Å². The summed E-state index contributed by atoms with van der Waals surface area (Å²) < 4.78 is 22.9. The molecule has 1 N–H and O–H groups in total. The van der Waals surface area contributed by atoms with Gasteiger partial charge in [-0.25, -0.2) is 8.42 Å². The molecule has 0 aromatic carbocycles. The molecule has 5 heteroatoms. The fourth-order valence-electron chi connectivity index (χ4n) is 3.01. The van der Waals surface area contributed by atoms with Crippen LogP contribution in [0.5, 0.6) is 0 Å². The minimum absolute atomic E-state index is 0.243. The lowest BCUT2D eigenvalue weighted by molar-refractivity contribution is 0.174. The zero-order chi connectivity index (χ0) is 11.6. The maximum atomic E-state index is 11.5. The number of hydrogen-bond donors (Lipinski definition) is 1. The average molecular weight is 247 g/mol. The van der Waals surface area contributed by atoms with E-state index >= 15 is 0 Å². The van der Waals surface area contributed by atoms with Crippen molar-refractivity contribution in [2.75, 3.05) is 24.7 Å². The second kappa shape index (κ2) is 5.02. The van der Waals surface area contributed by atoms with Gasteiger partial charge in [0.1, 0.15) is 0 Å². The summed E-state index contributed by atoms with van der Waals surface area (Å²) in [6.07, 6.45) is 4.98. The Morgan fingerprint density at radius 3 is 2.75 bits per heavy atom. The SMILES string of the molecule is O=S1(=O)CCC(N2CCCC2CCCO)C1. The van der Waals surface area contributed by atoms with Crippen molar-refractivity contribution in [3.63, 3.8) is 0 Å². The van der Waals surface area contributed by atoms with Gasteiger partial charge in [0.15, 0.2) is 9.84 Å². The van der Waals surface area contributed by atoms with E-state index in [4.69, 9.17) is 5.11 Å². The first-order chi connectivity index (χ1) is 7.62. The lowest BCUT2D eigenvalue weighted by atomic mass is 10.1. The Labute approximate surface area is 97.6 Å². The summed E-state index contributed by atoms with van der Waals surface area (Å²) in [4.78, 5) is 2.38. The van der Waals surface area contributed by atoms with Crippen molar-refractivity contribution in [3.8, 4) is 0 Å². The number of sulfone groups is 1. The van der Waals surface area contributed by atoms with Gasteiger partial charge >= 0.3 is 0 Å². The molecule has 2 saturated heterocycles. The van der Waals surface area contributed by atoms with Crippen molar-refractivity contribution < 1.29 is 13.5 Å². The van der Waals surface area contributed by atoms with Gasteiger partial charge in [-0.05, 0) is 38.6 Å². The van der Waals surface area contributed by atoms with Crippen LogP contribution in [0.1, 0.15) is 32.1 Å². The van der Waals surface area contributed by atoms with Crippen LogP contribution in [0.15, 0.2) is 0 Å². The average Bonchev–Trinajstić information content (AvgIpc) is 2.81. The fraction of sp³-hybridized carbons (Fsp3) is 1.00. The predicted octanol–water partition coefficient (Wildman–Crippen LogP) is 0.410. The van der Waals surface area contributed by atoms with Crippen molar-refractivity contribution in [2.45, 2.75) is 44.2 Å². The maximum Gasteiger partial charge on any atom is 0.151 e. The fourth-order valence-corrected chi connectivity index (χ4v) is 4.75. The zero-order valence-electron chi connectivity index (χ0n) is 9.64. The topological polar surface area (TPSA) is 57.6 Å². The van der Waals surface area contributed by atoms with E-state index in [1.165, 1.54) is 6.42 Å². The molecule has 2 rings (SSSR count). The number of hydrogen-bond acceptors (Lipinski definition) is 4. The predicted molar refractivity (Wildman–Crippen MR) is 63.1 cm³/mol. The van der Waals surface area contributed by atoms with Gasteiger partial charge in [0.05, 0.1) is 11.5 Å². The highest BCUT2D eigenvalue weighted by atomic mass is 32.2. The second-order valence-electron chi connectivity index (χ2n) is 4.96. The Morgan fingerprint density at radius 1 is 1.31 bits per heavy atom. The summed E-state index contributed by atoms with van der Waals surface area (Å²) in [5, 5.41) is 8.85. The van der Waals surface area contributed by atoms with Crippen LogP contribution in [-0.4, -0.2) is 55.2 Å². The van der Waals surface area contributed by atoms with E-state index in [0.29, 0.717) is 17.5 Å². The standard InChI is InChI=1S/C11H21NO3S/c13-7-2-4-10-3-1-6-12(10)11-5-8-16(14,15)9-11/h10-11,13H,1-9H2. The van der Waals surface area contributed by atoms with E-state index < -0.39 is 9.84 Å². The molecule has 2 aliphatic rings. The highest BCUT2D eigenvalue weighted by Gasteiger charge is 2.37. The summed E-state index contributed by atoms with van der Waals surface area (Å²) in [6.45, 7) is 1.28. The van der Waals surface area contributed by atoms with Crippen molar-refractivity contribution in [3.05, 3.63) is 0 Å². The van der Waals surface area contributed by atoms with Crippen LogP contribution in [0.2, 0.25) is 0 Å². The Hall–Kier alpha value is -0.130. The molecule has 0 spiro atoms. The molecule has 0 aromatic heterocycles. The molecule has 0 amide bonds. The van der Waals surface area contributed by atoms with Crippen LogP contribution in [-0.2, 0) is 9.84 Å². The molecule has 2 aliphatic heterocycles. The van der Waals surface area contributed by atoms with Gasteiger partial charge in [-0.1, -0.05) is 0 Å². The minimum atomic E-state index is -2.77. The molecule has 2 fully saturated rings. The van der Waals surface area contributed by atoms with Crippen molar-refractivity contribution in [2.24, 2.45) is 0 Å². The van der Waals surface area contributed by atoms with Crippen molar-refractivity contribution >= 4 is 9.84 Å². The van der Waals surface area contributed by atoms with Crippen LogP contribution >= 0.6 is 0 Å². The first-order valence-electron chi connectivity index (χ1n) is 6.19. The van der Waals surface area contributed by atoms with E-state index in [2.05, 4.69) is 4.90 Å². The third-order valence-electron chi connectivity index (χ3n) is 3.80. The normalized spacial score (nSPS) is 34.6. The smallest absolute Gasteiger partial charge is 0.151 e. The van der Waals surface area contributed by atoms with Crippen LogP contribution < -0.4 is 0 Å². The Kier molecular flexibility index (Phi) is 3.87. The third-order valence-corrected chi connectivity index (χ3v) is 5.55. The van der Waals surface area contributed by atoms with E-state index in [-0.39, 0.29) is 12.6 Å². The summed E-state index contributed by atoms with van der Waals surface area (Å²) in [5.41, 5.74) is 0. The summed E-state index contributed by atoms with van der Waals surface area (Å²) in [6, 6.07) is 0.752. The Balaban J connectivity index is 1.93. The van der Waals surface area contributed by atoms with Gasteiger partial charge in [-0.2, -0.15) is 0 Å². The number of aliphatic hydroxyl groups is 1. The minimum Gasteiger partial charge on any atom is -0.396 e. The molecule has 0 bridgehead atoms. The number of nitrogens with zero attached hydrogens (tertiary/aromatic N) is 1. The molecular formula is C11H21NO3S. The zero-order valence-corrected chi connectivity index (χ0v) is 10.5. The highest BCUT2D eigenvalue weighted by molar-refractivity contribution is 7.91. The first kappa shape index (κ1) is 12.3.